The van der Waals surface area contributed by atoms with Crippen LogP contribution in [-0.4, -0.2) is 41.2 Å². The Morgan fingerprint density at radius 3 is 2.52 bits per heavy atom. The number of benzene rings is 2. The monoisotopic (exact) mass is 382 g/mol. The number of hydrogen-bond acceptors (Lipinski definition) is 5. The Morgan fingerprint density at radius 2 is 1.74 bits per heavy atom. The van der Waals surface area contributed by atoms with E-state index in [1.807, 2.05) is 24.3 Å². The number of anilines is 1. The summed E-state index contributed by atoms with van der Waals surface area (Å²) in [6.45, 7) is 6.84. The van der Waals surface area contributed by atoms with Crippen molar-refractivity contribution in [1.29, 1.82) is 0 Å². The maximum atomic E-state index is 6.21. The fourth-order valence-corrected chi connectivity index (χ4v) is 3.70. The number of halogens is 1. The number of piperazine rings is 1. The summed E-state index contributed by atoms with van der Waals surface area (Å²) in [5.41, 5.74) is 3.67. The average Bonchev–Trinajstić information content (AvgIpc) is 3.12. The summed E-state index contributed by atoms with van der Waals surface area (Å²) in [7, 11) is 0. The number of aryl methyl sites for hydroxylation is 1. The largest absolute Gasteiger partial charge is 0.369 e. The van der Waals surface area contributed by atoms with E-state index in [9.17, 15) is 0 Å². The summed E-state index contributed by atoms with van der Waals surface area (Å²) < 4.78 is 5.45. The minimum Gasteiger partial charge on any atom is -0.369 e. The van der Waals surface area contributed by atoms with Crippen LogP contribution in [0.4, 0.5) is 5.69 Å². The highest BCUT2D eigenvalue weighted by atomic mass is 35.5. The predicted molar refractivity (Wildman–Crippen MR) is 107 cm³/mol. The van der Waals surface area contributed by atoms with Crippen molar-refractivity contribution in [2.45, 2.75) is 19.9 Å². The van der Waals surface area contributed by atoms with Gasteiger partial charge in [0.05, 0.1) is 6.54 Å². The average molecular weight is 383 g/mol. The van der Waals surface area contributed by atoms with E-state index < -0.39 is 0 Å². The Bertz CT molecular complexity index is 902. The molecule has 1 fully saturated rings. The molecule has 1 aliphatic heterocycles. The van der Waals surface area contributed by atoms with Crippen LogP contribution < -0.4 is 4.90 Å². The van der Waals surface area contributed by atoms with Gasteiger partial charge in [-0.3, -0.25) is 4.90 Å². The lowest BCUT2D eigenvalue weighted by molar-refractivity contribution is 0.215. The molecule has 0 radical (unpaired) electrons. The van der Waals surface area contributed by atoms with E-state index in [-0.39, 0.29) is 0 Å². The van der Waals surface area contributed by atoms with E-state index in [1.54, 1.807) is 0 Å². The fraction of sp³-hybridized carbons (Fsp3) is 0.333. The third-order valence-corrected chi connectivity index (χ3v) is 5.37. The Morgan fingerprint density at radius 1 is 1.00 bits per heavy atom. The van der Waals surface area contributed by atoms with E-state index in [0.717, 1.165) is 36.8 Å². The first-order chi connectivity index (χ1) is 13.2. The van der Waals surface area contributed by atoms with Gasteiger partial charge in [0.15, 0.2) is 5.82 Å². The Hall–Kier alpha value is -2.37. The van der Waals surface area contributed by atoms with E-state index in [4.69, 9.17) is 16.1 Å². The zero-order valence-electron chi connectivity index (χ0n) is 15.4. The fourth-order valence-electron chi connectivity index (χ4n) is 3.49. The molecule has 0 N–H and O–H groups in total. The van der Waals surface area contributed by atoms with Crippen molar-refractivity contribution >= 4 is 17.3 Å². The van der Waals surface area contributed by atoms with Crippen LogP contribution in [0, 0.1) is 6.92 Å². The molecular weight excluding hydrogens is 360 g/mol. The molecule has 2 heterocycles. The first-order valence-corrected chi connectivity index (χ1v) is 9.64. The summed E-state index contributed by atoms with van der Waals surface area (Å²) in [6.07, 6.45) is 0.588. The molecule has 3 aromatic rings. The van der Waals surface area contributed by atoms with Gasteiger partial charge in [-0.2, -0.15) is 4.98 Å². The number of aromatic nitrogens is 2. The van der Waals surface area contributed by atoms with Crippen LogP contribution >= 0.6 is 11.6 Å². The van der Waals surface area contributed by atoms with Gasteiger partial charge >= 0.3 is 0 Å². The van der Waals surface area contributed by atoms with Gasteiger partial charge in [0.25, 0.3) is 0 Å². The lowest BCUT2D eigenvalue weighted by Crippen LogP contribution is -2.46. The third kappa shape index (κ3) is 4.31. The van der Waals surface area contributed by atoms with Crippen LogP contribution in [-0.2, 0) is 13.0 Å². The molecule has 4 rings (SSSR count). The highest BCUT2D eigenvalue weighted by molar-refractivity contribution is 6.31. The van der Waals surface area contributed by atoms with Crippen LogP contribution in [0.1, 0.15) is 22.8 Å². The minimum absolute atomic E-state index is 0.588. The third-order valence-electron chi connectivity index (χ3n) is 5.00. The van der Waals surface area contributed by atoms with Crippen LogP contribution in [0.2, 0.25) is 5.02 Å². The Kier molecular flexibility index (Phi) is 5.41. The lowest BCUT2D eigenvalue weighted by atomic mass is 10.1. The molecular formula is C21H23ClN4O. The lowest BCUT2D eigenvalue weighted by Gasteiger charge is -2.36. The molecule has 0 amide bonds. The number of rotatable bonds is 5. The summed E-state index contributed by atoms with van der Waals surface area (Å²) in [4.78, 5) is 9.35. The van der Waals surface area contributed by atoms with Gasteiger partial charge in [-0.1, -0.05) is 53.2 Å². The standard InChI is InChI=1S/C21H23ClN4O/c1-16-6-2-5-9-19(16)26-12-10-25(11-13-26)15-21-23-20(24-27-21)14-17-7-3-4-8-18(17)22/h2-9H,10-15H2,1H3. The highest BCUT2D eigenvalue weighted by Gasteiger charge is 2.20. The first-order valence-electron chi connectivity index (χ1n) is 9.27. The molecule has 6 heteroatoms. The molecule has 1 saturated heterocycles. The molecule has 0 unspecified atom stereocenters. The van der Waals surface area contributed by atoms with Gasteiger partial charge in [-0.05, 0) is 30.2 Å². The maximum Gasteiger partial charge on any atom is 0.240 e. The maximum absolute atomic E-state index is 6.21. The zero-order valence-corrected chi connectivity index (χ0v) is 16.2. The molecule has 5 nitrogen and oxygen atoms in total. The Labute approximate surface area is 164 Å². The molecule has 0 saturated carbocycles. The van der Waals surface area contributed by atoms with E-state index >= 15 is 0 Å². The molecule has 2 aromatic carbocycles. The topological polar surface area (TPSA) is 45.4 Å². The summed E-state index contributed by atoms with van der Waals surface area (Å²) in [6, 6.07) is 16.3. The van der Waals surface area contributed by atoms with Crippen LogP contribution in [0.5, 0.6) is 0 Å². The van der Waals surface area contributed by atoms with Crippen molar-refractivity contribution in [2.75, 3.05) is 31.1 Å². The summed E-state index contributed by atoms with van der Waals surface area (Å²) in [5.74, 6) is 1.35. The molecule has 27 heavy (non-hydrogen) atoms. The summed E-state index contributed by atoms with van der Waals surface area (Å²) >= 11 is 6.21. The van der Waals surface area contributed by atoms with Crippen molar-refractivity contribution in [1.82, 2.24) is 15.0 Å². The highest BCUT2D eigenvalue weighted by Crippen LogP contribution is 2.21. The molecule has 140 valence electrons. The molecule has 1 aliphatic rings. The van der Waals surface area contributed by atoms with Crippen molar-refractivity contribution in [3.05, 3.63) is 76.4 Å². The van der Waals surface area contributed by atoms with Crippen LogP contribution in [0.3, 0.4) is 0 Å². The molecule has 1 aromatic heterocycles. The van der Waals surface area contributed by atoms with Gasteiger partial charge in [0, 0.05) is 43.3 Å². The SMILES string of the molecule is Cc1ccccc1N1CCN(Cc2nc(Cc3ccccc3Cl)no2)CC1. The number of para-hydroxylation sites is 1. The first kappa shape index (κ1) is 18.0. The van der Waals surface area contributed by atoms with E-state index in [2.05, 4.69) is 51.1 Å². The van der Waals surface area contributed by atoms with Crippen molar-refractivity contribution in [3.8, 4) is 0 Å². The smallest absolute Gasteiger partial charge is 0.240 e. The minimum atomic E-state index is 0.588. The Balaban J connectivity index is 1.33. The normalized spacial score (nSPS) is 15.3. The second kappa shape index (κ2) is 8.11. The zero-order chi connectivity index (χ0) is 18.6. The van der Waals surface area contributed by atoms with Crippen molar-refractivity contribution < 1.29 is 4.52 Å². The van der Waals surface area contributed by atoms with Crippen molar-refractivity contribution in [2.24, 2.45) is 0 Å². The molecule has 0 spiro atoms. The summed E-state index contributed by atoms with van der Waals surface area (Å²) in [5, 5.41) is 4.84. The van der Waals surface area contributed by atoms with Gasteiger partial charge in [0.1, 0.15) is 0 Å². The van der Waals surface area contributed by atoms with Crippen molar-refractivity contribution in [3.63, 3.8) is 0 Å². The van der Waals surface area contributed by atoms with Gasteiger partial charge in [-0.15, -0.1) is 0 Å². The molecule has 0 atom stereocenters. The molecule has 0 bridgehead atoms. The van der Waals surface area contributed by atoms with Crippen LogP contribution in [0.15, 0.2) is 53.1 Å². The van der Waals surface area contributed by atoms with E-state index in [1.165, 1.54) is 11.3 Å². The second-order valence-corrected chi connectivity index (χ2v) is 7.33. The number of nitrogens with zero attached hydrogens (tertiary/aromatic N) is 4. The van der Waals surface area contributed by atoms with Gasteiger partial charge < -0.3 is 9.42 Å². The van der Waals surface area contributed by atoms with Crippen LogP contribution in [0.25, 0.3) is 0 Å². The molecule has 0 aliphatic carbocycles. The predicted octanol–water partition coefficient (Wildman–Crippen LogP) is 3.94. The van der Waals surface area contributed by atoms with Gasteiger partial charge in [0.2, 0.25) is 5.89 Å². The quantitative estimate of drug-likeness (QED) is 0.668. The van der Waals surface area contributed by atoms with E-state index in [0.29, 0.717) is 24.7 Å². The second-order valence-electron chi connectivity index (χ2n) is 6.92. The van der Waals surface area contributed by atoms with Gasteiger partial charge in [-0.25, -0.2) is 0 Å². The number of hydrogen-bond donors (Lipinski definition) is 0.